The van der Waals surface area contributed by atoms with Gasteiger partial charge in [-0.3, -0.25) is 14.9 Å². The molecule has 0 spiro atoms. The third-order valence-electron chi connectivity index (χ3n) is 3.47. The minimum atomic E-state index is -0.556. The van der Waals surface area contributed by atoms with Gasteiger partial charge in [-0.15, -0.1) is 0 Å². The van der Waals surface area contributed by atoms with Crippen LogP contribution in [0.4, 0.5) is 0 Å². The zero-order valence-corrected chi connectivity index (χ0v) is 14.0. The Kier molecular flexibility index (Phi) is 5.42. The van der Waals surface area contributed by atoms with Crippen molar-refractivity contribution < 1.29 is 23.8 Å². The molecule has 0 fully saturated rings. The first-order chi connectivity index (χ1) is 11.5. The Labute approximate surface area is 140 Å². The maximum Gasteiger partial charge on any atom is 0.258 e. The molecule has 0 saturated carbocycles. The van der Waals surface area contributed by atoms with Crippen molar-refractivity contribution in [1.82, 2.24) is 5.32 Å². The third kappa shape index (κ3) is 3.65. The van der Waals surface area contributed by atoms with Gasteiger partial charge in [0.05, 0.1) is 21.3 Å². The second kappa shape index (κ2) is 7.50. The van der Waals surface area contributed by atoms with Crippen LogP contribution in [0.2, 0.25) is 0 Å². The van der Waals surface area contributed by atoms with Crippen LogP contribution in [0.1, 0.15) is 26.3 Å². The highest BCUT2D eigenvalue weighted by Crippen LogP contribution is 2.38. The van der Waals surface area contributed by atoms with Crippen LogP contribution in [0.15, 0.2) is 36.4 Å². The van der Waals surface area contributed by atoms with E-state index in [4.69, 9.17) is 14.2 Å². The molecular formula is C18H19NO5. The second-order valence-electron chi connectivity index (χ2n) is 5.06. The lowest BCUT2D eigenvalue weighted by atomic mass is 10.1. The normalized spacial score (nSPS) is 10.0. The molecule has 0 aromatic heterocycles. The molecule has 0 saturated heterocycles. The summed E-state index contributed by atoms with van der Waals surface area (Å²) in [6, 6.07) is 9.90. The maximum atomic E-state index is 12.3. The van der Waals surface area contributed by atoms with E-state index in [0.29, 0.717) is 22.8 Å². The van der Waals surface area contributed by atoms with Gasteiger partial charge in [0.15, 0.2) is 11.5 Å². The fourth-order valence-electron chi connectivity index (χ4n) is 2.16. The lowest BCUT2D eigenvalue weighted by Gasteiger charge is -2.13. The molecule has 0 unspecified atom stereocenters. The van der Waals surface area contributed by atoms with Crippen LogP contribution in [-0.4, -0.2) is 33.1 Å². The van der Waals surface area contributed by atoms with Crippen molar-refractivity contribution in [3.63, 3.8) is 0 Å². The number of rotatable bonds is 5. The average molecular weight is 329 g/mol. The number of ether oxygens (including phenoxy) is 3. The minimum absolute atomic E-state index is 0.227. The van der Waals surface area contributed by atoms with E-state index >= 15 is 0 Å². The van der Waals surface area contributed by atoms with Crippen molar-refractivity contribution in [1.29, 1.82) is 0 Å². The van der Waals surface area contributed by atoms with E-state index in [9.17, 15) is 9.59 Å². The van der Waals surface area contributed by atoms with E-state index < -0.39 is 11.8 Å². The summed E-state index contributed by atoms with van der Waals surface area (Å²) in [5.74, 6) is 0.0181. The Morgan fingerprint density at radius 2 is 1.29 bits per heavy atom. The summed E-state index contributed by atoms with van der Waals surface area (Å²) in [4.78, 5) is 24.5. The minimum Gasteiger partial charge on any atom is -0.493 e. The number of hydrogen-bond donors (Lipinski definition) is 1. The van der Waals surface area contributed by atoms with Gasteiger partial charge in [-0.1, -0.05) is 17.7 Å². The van der Waals surface area contributed by atoms with Gasteiger partial charge < -0.3 is 14.2 Å². The van der Waals surface area contributed by atoms with E-state index in [1.54, 1.807) is 24.3 Å². The highest BCUT2D eigenvalue weighted by atomic mass is 16.5. The molecule has 1 N–H and O–H groups in total. The van der Waals surface area contributed by atoms with Crippen LogP contribution in [0, 0.1) is 6.92 Å². The van der Waals surface area contributed by atoms with Crippen molar-refractivity contribution in [3.05, 3.63) is 53.1 Å². The van der Waals surface area contributed by atoms with E-state index in [1.807, 2.05) is 6.92 Å². The average Bonchev–Trinajstić information content (AvgIpc) is 2.60. The van der Waals surface area contributed by atoms with Gasteiger partial charge in [-0.2, -0.15) is 0 Å². The molecule has 2 aromatic rings. The van der Waals surface area contributed by atoms with Crippen molar-refractivity contribution in [2.24, 2.45) is 0 Å². The fraction of sp³-hybridized carbons (Fsp3) is 0.222. The van der Waals surface area contributed by atoms with Gasteiger partial charge in [0.2, 0.25) is 5.75 Å². The molecule has 6 nitrogen and oxygen atoms in total. The molecule has 6 heteroatoms. The number of nitrogens with one attached hydrogen (secondary N) is 1. The van der Waals surface area contributed by atoms with E-state index in [2.05, 4.69) is 5.32 Å². The Hall–Kier alpha value is -3.02. The number of methoxy groups -OCH3 is 3. The first-order valence-electron chi connectivity index (χ1n) is 7.22. The fourth-order valence-corrected chi connectivity index (χ4v) is 2.16. The predicted molar refractivity (Wildman–Crippen MR) is 89.1 cm³/mol. The summed E-state index contributed by atoms with van der Waals surface area (Å²) in [5.41, 5.74) is 1.66. The van der Waals surface area contributed by atoms with Gasteiger partial charge in [0.1, 0.15) is 0 Å². The SMILES string of the molecule is COc1cc(C(=O)NC(=O)c2ccc(C)cc2)cc(OC)c1OC. The van der Waals surface area contributed by atoms with Crippen LogP contribution in [0.25, 0.3) is 0 Å². The first-order valence-corrected chi connectivity index (χ1v) is 7.22. The van der Waals surface area contributed by atoms with Crippen molar-refractivity contribution in [3.8, 4) is 17.2 Å². The zero-order chi connectivity index (χ0) is 17.7. The molecule has 0 aliphatic heterocycles. The summed E-state index contributed by atoms with van der Waals surface area (Å²) in [7, 11) is 4.38. The number of amides is 2. The number of carbonyl (C=O) groups excluding carboxylic acids is 2. The molecule has 0 aliphatic rings. The summed E-state index contributed by atoms with van der Waals surface area (Å²) >= 11 is 0. The molecule has 2 aromatic carbocycles. The first kappa shape index (κ1) is 17.3. The molecular weight excluding hydrogens is 310 g/mol. The lowest BCUT2D eigenvalue weighted by Crippen LogP contribution is -2.30. The molecule has 0 aliphatic carbocycles. The van der Waals surface area contributed by atoms with Gasteiger partial charge in [-0.05, 0) is 31.2 Å². The Bertz CT molecular complexity index is 727. The van der Waals surface area contributed by atoms with Gasteiger partial charge in [-0.25, -0.2) is 0 Å². The van der Waals surface area contributed by atoms with Gasteiger partial charge >= 0.3 is 0 Å². The molecule has 2 amide bonds. The van der Waals surface area contributed by atoms with E-state index in [-0.39, 0.29) is 5.56 Å². The van der Waals surface area contributed by atoms with Gasteiger partial charge in [0.25, 0.3) is 11.8 Å². The van der Waals surface area contributed by atoms with Crippen molar-refractivity contribution >= 4 is 11.8 Å². The molecule has 0 atom stereocenters. The monoisotopic (exact) mass is 329 g/mol. The van der Waals surface area contributed by atoms with Crippen LogP contribution >= 0.6 is 0 Å². The topological polar surface area (TPSA) is 73.9 Å². The summed E-state index contributed by atoms with van der Waals surface area (Å²) < 4.78 is 15.6. The Balaban J connectivity index is 2.26. The van der Waals surface area contributed by atoms with Gasteiger partial charge in [0, 0.05) is 11.1 Å². The van der Waals surface area contributed by atoms with Crippen LogP contribution in [0.5, 0.6) is 17.2 Å². The summed E-state index contributed by atoms with van der Waals surface area (Å²) in [6.45, 7) is 1.92. The molecule has 0 heterocycles. The standard InChI is InChI=1S/C18H19NO5/c1-11-5-7-12(8-6-11)17(20)19-18(21)13-9-14(22-2)16(24-4)15(10-13)23-3/h5-10H,1-4H3,(H,19,20,21). The van der Waals surface area contributed by atoms with E-state index in [0.717, 1.165) is 5.56 Å². The van der Waals surface area contributed by atoms with E-state index in [1.165, 1.54) is 33.5 Å². The zero-order valence-electron chi connectivity index (χ0n) is 14.0. The molecule has 126 valence electrons. The van der Waals surface area contributed by atoms with Crippen LogP contribution in [-0.2, 0) is 0 Å². The van der Waals surface area contributed by atoms with Crippen molar-refractivity contribution in [2.45, 2.75) is 6.92 Å². The number of hydrogen-bond acceptors (Lipinski definition) is 5. The lowest BCUT2D eigenvalue weighted by molar-refractivity contribution is 0.0849. The largest absolute Gasteiger partial charge is 0.493 e. The van der Waals surface area contributed by atoms with Crippen LogP contribution in [0.3, 0.4) is 0 Å². The number of carbonyl (C=O) groups is 2. The molecule has 0 radical (unpaired) electrons. The smallest absolute Gasteiger partial charge is 0.258 e. The van der Waals surface area contributed by atoms with Crippen molar-refractivity contribution in [2.75, 3.05) is 21.3 Å². The summed E-state index contributed by atoms with van der Waals surface area (Å²) in [6.07, 6.45) is 0. The predicted octanol–water partition coefficient (Wildman–Crippen LogP) is 2.59. The Morgan fingerprint density at radius 1 is 0.792 bits per heavy atom. The number of aryl methyl sites for hydroxylation is 1. The number of imide groups is 1. The molecule has 0 bridgehead atoms. The highest BCUT2D eigenvalue weighted by molar-refractivity contribution is 6.10. The third-order valence-corrected chi connectivity index (χ3v) is 3.47. The second-order valence-corrected chi connectivity index (χ2v) is 5.06. The number of benzene rings is 2. The summed E-state index contributed by atoms with van der Waals surface area (Å²) in [5, 5.41) is 2.34. The van der Waals surface area contributed by atoms with Crippen LogP contribution < -0.4 is 19.5 Å². The highest BCUT2D eigenvalue weighted by Gasteiger charge is 2.18. The maximum absolute atomic E-state index is 12.3. The molecule has 2 rings (SSSR count). The Morgan fingerprint density at radius 3 is 1.75 bits per heavy atom. The quantitative estimate of drug-likeness (QED) is 0.854. The molecule has 24 heavy (non-hydrogen) atoms.